The molecule has 4 aromatic rings. The molecule has 0 fully saturated rings. The first kappa shape index (κ1) is 31.7. The Balaban J connectivity index is 1.76. The van der Waals surface area contributed by atoms with E-state index < -0.39 is 12.6 Å². The van der Waals surface area contributed by atoms with Crippen LogP contribution >= 0.6 is 0 Å². The predicted molar refractivity (Wildman–Crippen MR) is 167 cm³/mol. The second kappa shape index (κ2) is 14.8. The highest BCUT2D eigenvalue weighted by atomic mass is 16.5. The number of aliphatic carboxylic acids is 1. The number of fused-ring (bicyclic) bond motifs is 3. The summed E-state index contributed by atoms with van der Waals surface area (Å²) in [6.07, 6.45) is 1.28. The molecule has 1 amide bonds. The number of methoxy groups -OCH3 is 1. The van der Waals surface area contributed by atoms with Gasteiger partial charge in [-0.2, -0.15) is 0 Å². The van der Waals surface area contributed by atoms with Crippen LogP contribution in [0.25, 0.3) is 21.9 Å². The molecule has 2 aromatic heterocycles. The van der Waals surface area contributed by atoms with Crippen LogP contribution in [0.15, 0.2) is 42.5 Å². The van der Waals surface area contributed by atoms with Crippen molar-refractivity contribution in [1.29, 1.82) is 0 Å². The number of amides is 1. The molecule has 11 nitrogen and oxygen atoms in total. The average Bonchev–Trinajstić information content (AvgIpc) is 3.38. The predicted octanol–water partition coefficient (Wildman–Crippen LogP) is 3.75. The summed E-state index contributed by atoms with van der Waals surface area (Å²) < 4.78 is 13.2. The molecule has 0 aliphatic carbocycles. The second-order valence-electron chi connectivity index (χ2n) is 10.3. The van der Waals surface area contributed by atoms with Gasteiger partial charge < -0.3 is 29.8 Å². The van der Waals surface area contributed by atoms with Crippen molar-refractivity contribution in [1.82, 2.24) is 24.3 Å². The Morgan fingerprint density at radius 1 is 1.05 bits per heavy atom. The van der Waals surface area contributed by atoms with Crippen LogP contribution in [0.5, 0.6) is 5.75 Å². The van der Waals surface area contributed by atoms with E-state index in [1.165, 1.54) is 0 Å². The Hall–Kier alpha value is -4.22. The topological polar surface area (TPSA) is 136 Å². The Labute approximate surface area is 252 Å². The number of imidazole rings is 1. The fraction of sp³-hybridized carbons (Fsp3) is 0.438. The number of nitrogen functional groups attached to an aromatic ring is 1. The number of carbonyl (C=O) groups excluding carboxylic acids is 1. The summed E-state index contributed by atoms with van der Waals surface area (Å²) in [6, 6.07) is 13.4. The quantitative estimate of drug-likeness (QED) is 0.200. The van der Waals surface area contributed by atoms with Crippen molar-refractivity contribution in [3.05, 3.63) is 59.4 Å². The van der Waals surface area contributed by atoms with Gasteiger partial charge in [-0.05, 0) is 37.2 Å². The number of carboxylic acids is 1. The monoisotopic (exact) mass is 590 g/mol. The number of carbonyl (C=O) groups is 2. The lowest BCUT2D eigenvalue weighted by molar-refractivity contribution is -0.139. The van der Waals surface area contributed by atoms with Crippen LogP contribution in [0.3, 0.4) is 0 Å². The Bertz CT molecular complexity index is 1570. The van der Waals surface area contributed by atoms with E-state index in [0.29, 0.717) is 49.6 Å². The molecule has 0 bridgehead atoms. The second-order valence-corrected chi connectivity index (χ2v) is 10.3. The van der Waals surface area contributed by atoms with E-state index in [2.05, 4.69) is 14.5 Å². The van der Waals surface area contributed by atoms with E-state index in [0.717, 1.165) is 46.5 Å². The SMILES string of the molecule is CCc1cccc(OCC(=O)O)c1CN(CCn1c(CCOC)nc2c(N)nc3ccccc3c21)C(=O)CN(CC)CC. The van der Waals surface area contributed by atoms with E-state index in [-0.39, 0.29) is 19.0 Å². The van der Waals surface area contributed by atoms with Gasteiger partial charge in [0.2, 0.25) is 5.91 Å². The van der Waals surface area contributed by atoms with Gasteiger partial charge in [-0.3, -0.25) is 9.69 Å². The molecule has 11 heteroatoms. The molecule has 0 aliphatic heterocycles. The molecule has 3 N–H and O–H groups in total. The number of rotatable bonds is 16. The highest BCUT2D eigenvalue weighted by molar-refractivity contribution is 6.06. The van der Waals surface area contributed by atoms with E-state index >= 15 is 0 Å². The lowest BCUT2D eigenvalue weighted by atomic mass is 10.0. The zero-order valence-corrected chi connectivity index (χ0v) is 25.5. The molecule has 2 heterocycles. The Kier molecular flexibility index (Phi) is 10.9. The van der Waals surface area contributed by atoms with Gasteiger partial charge in [0.1, 0.15) is 17.1 Å². The summed E-state index contributed by atoms with van der Waals surface area (Å²) in [5.41, 5.74) is 10.5. The molecule has 0 radical (unpaired) electrons. The van der Waals surface area contributed by atoms with Crippen molar-refractivity contribution < 1.29 is 24.2 Å². The van der Waals surface area contributed by atoms with Crippen LogP contribution < -0.4 is 10.5 Å². The van der Waals surface area contributed by atoms with E-state index in [1.54, 1.807) is 13.2 Å². The van der Waals surface area contributed by atoms with Gasteiger partial charge in [-0.1, -0.05) is 51.1 Å². The van der Waals surface area contributed by atoms with Crippen LogP contribution in [-0.2, 0) is 40.3 Å². The zero-order chi connectivity index (χ0) is 30.9. The molecule has 0 saturated heterocycles. The van der Waals surface area contributed by atoms with Crippen molar-refractivity contribution in [2.75, 3.05) is 52.2 Å². The summed E-state index contributed by atoms with van der Waals surface area (Å²) in [4.78, 5) is 38.5. The van der Waals surface area contributed by atoms with E-state index in [9.17, 15) is 14.7 Å². The number of benzene rings is 2. The van der Waals surface area contributed by atoms with Crippen molar-refractivity contribution in [3.8, 4) is 5.75 Å². The number of hydrogen-bond donors (Lipinski definition) is 2. The zero-order valence-electron chi connectivity index (χ0n) is 25.5. The number of pyridine rings is 1. The Morgan fingerprint density at radius 2 is 1.81 bits per heavy atom. The molecule has 230 valence electrons. The number of carboxylic acid groups (broad SMARTS) is 1. The number of likely N-dealkylation sites (N-methyl/N-ethyl adjacent to an activating group) is 1. The highest BCUT2D eigenvalue weighted by Gasteiger charge is 2.23. The third kappa shape index (κ3) is 7.41. The number of para-hydroxylation sites is 1. The molecule has 4 rings (SSSR count). The van der Waals surface area contributed by atoms with Gasteiger partial charge in [0.15, 0.2) is 12.4 Å². The van der Waals surface area contributed by atoms with Crippen molar-refractivity contribution in [3.63, 3.8) is 0 Å². The number of nitrogens with zero attached hydrogens (tertiary/aromatic N) is 5. The molecular formula is C32H42N6O5. The third-order valence-corrected chi connectivity index (χ3v) is 7.73. The highest BCUT2D eigenvalue weighted by Crippen LogP contribution is 2.30. The number of anilines is 1. The maximum atomic E-state index is 13.9. The minimum atomic E-state index is -1.06. The number of nitrogens with two attached hydrogens (primary N) is 1. The van der Waals surface area contributed by atoms with E-state index in [4.69, 9.17) is 20.2 Å². The summed E-state index contributed by atoms with van der Waals surface area (Å²) in [7, 11) is 1.65. The minimum absolute atomic E-state index is 0.0207. The largest absolute Gasteiger partial charge is 0.482 e. The maximum absolute atomic E-state index is 13.9. The van der Waals surface area contributed by atoms with Crippen LogP contribution in [0.4, 0.5) is 5.82 Å². The van der Waals surface area contributed by atoms with Gasteiger partial charge in [0, 0.05) is 44.1 Å². The molecule has 0 aliphatic rings. The molecule has 0 unspecified atom stereocenters. The Morgan fingerprint density at radius 3 is 2.51 bits per heavy atom. The smallest absolute Gasteiger partial charge is 0.341 e. The van der Waals surface area contributed by atoms with Crippen LogP contribution in [-0.4, -0.2) is 87.8 Å². The summed E-state index contributed by atoms with van der Waals surface area (Å²) in [5.74, 6) is 0.558. The van der Waals surface area contributed by atoms with Crippen LogP contribution in [0.1, 0.15) is 37.7 Å². The van der Waals surface area contributed by atoms with Crippen molar-refractivity contribution >= 4 is 39.6 Å². The van der Waals surface area contributed by atoms with E-state index in [1.807, 2.05) is 62.1 Å². The maximum Gasteiger partial charge on any atom is 0.341 e. The molecular weight excluding hydrogens is 548 g/mol. The third-order valence-electron chi connectivity index (χ3n) is 7.73. The lowest BCUT2D eigenvalue weighted by Gasteiger charge is -2.28. The van der Waals surface area contributed by atoms with Gasteiger partial charge >= 0.3 is 5.97 Å². The first-order valence-corrected chi connectivity index (χ1v) is 14.8. The minimum Gasteiger partial charge on any atom is -0.482 e. The summed E-state index contributed by atoms with van der Waals surface area (Å²) in [6.45, 7) is 9.03. The van der Waals surface area contributed by atoms with Gasteiger partial charge in [-0.25, -0.2) is 14.8 Å². The molecule has 2 aromatic carbocycles. The van der Waals surface area contributed by atoms with Crippen LogP contribution in [0, 0.1) is 0 Å². The standard InChI is InChI=1S/C32H42N6O5/c1-5-22-11-10-14-26(43-21-29(40)41)24(22)19-37(28(39)20-36(6-2)7-3)16-17-38-27(15-18-42-4)35-30-31(38)23-12-8-9-13-25(23)34-32(30)33/h8-14H,5-7,15-21H2,1-4H3,(H2,33,34)(H,40,41). The van der Waals surface area contributed by atoms with Crippen LogP contribution in [0.2, 0.25) is 0 Å². The fourth-order valence-electron chi connectivity index (χ4n) is 5.37. The number of aryl methyl sites for hydroxylation is 1. The van der Waals surface area contributed by atoms with Gasteiger partial charge in [0.25, 0.3) is 0 Å². The number of aromatic nitrogens is 3. The lowest BCUT2D eigenvalue weighted by Crippen LogP contribution is -2.41. The summed E-state index contributed by atoms with van der Waals surface area (Å²) >= 11 is 0. The first-order valence-electron chi connectivity index (χ1n) is 14.8. The molecule has 0 spiro atoms. The average molecular weight is 591 g/mol. The molecule has 0 atom stereocenters. The van der Waals surface area contributed by atoms with Gasteiger partial charge in [0.05, 0.1) is 24.2 Å². The molecule has 43 heavy (non-hydrogen) atoms. The fourth-order valence-corrected chi connectivity index (χ4v) is 5.37. The number of ether oxygens (including phenoxy) is 2. The number of hydrogen-bond acceptors (Lipinski definition) is 8. The normalized spacial score (nSPS) is 11.5. The van der Waals surface area contributed by atoms with Crippen molar-refractivity contribution in [2.24, 2.45) is 0 Å². The summed E-state index contributed by atoms with van der Waals surface area (Å²) in [5, 5.41) is 10.2. The molecule has 0 saturated carbocycles. The van der Waals surface area contributed by atoms with Gasteiger partial charge in [-0.15, -0.1) is 0 Å². The first-order chi connectivity index (χ1) is 20.8. The van der Waals surface area contributed by atoms with Crippen molar-refractivity contribution in [2.45, 2.75) is 46.7 Å².